The van der Waals surface area contributed by atoms with Gasteiger partial charge in [-0.1, -0.05) is 30.8 Å². The van der Waals surface area contributed by atoms with E-state index in [4.69, 9.17) is 4.74 Å². The second-order valence-electron chi connectivity index (χ2n) is 5.27. The summed E-state index contributed by atoms with van der Waals surface area (Å²) in [6.45, 7) is 4.88. The van der Waals surface area contributed by atoms with Crippen LogP contribution in [0.5, 0.6) is 0 Å². The number of carbonyl (C=O) groups excluding carboxylic acids is 2. The number of esters is 1. The maximum atomic E-state index is 12.2. The number of benzene rings is 1. The Morgan fingerprint density at radius 3 is 2.68 bits per heavy atom. The predicted octanol–water partition coefficient (Wildman–Crippen LogP) is 2.77. The average molecular weight is 362 g/mol. The normalized spacial score (nSPS) is 10.5. The SMILES string of the molecule is CCCc1nnc(SCC(=O)Nc2ccccc2C(=O)OC)n1CC. The predicted molar refractivity (Wildman–Crippen MR) is 96.8 cm³/mol. The first-order chi connectivity index (χ1) is 12.1. The van der Waals surface area contributed by atoms with E-state index >= 15 is 0 Å². The average Bonchev–Trinajstić information content (AvgIpc) is 3.02. The number of para-hydroxylation sites is 1. The summed E-state index contributed by atoms with van der Waals surface area (Å²) < 4.78 is 6.74. The second-order valence-corrected chi connectivity index (χ2v) is 6.21. The fraction of sp³-hybridized carbons (Fsp3) is 0.412. The van der Waals surface area contributed by atoms with E-state index in [0.717, 1.165) is 30.4 Å². The third-order valence-electron chi connectivity index (χ3n) is 3.52. The number of thioether (sulfide) groups is 1. The van der Waals surface area contributed by atoms with Crippen LogP contribution in [0.3, 0.4) is 0 Å². The Kier molecular flexibility index (Phi) is 7.00. The van der Waals surface area contributed by atoms with Crippen LogP contribution < -0.4 is 5.32 Å². The van der Waals surface area contributed by atoms with Gasteiger partial charge in [0.25, 0.3) is 0 Å². The number of nitrogens with one attached hydrogen (secondary N) is 1. The lowest BCUT2D eigenvalue weighted by Gasteiger charge is -2.10. The Labute approximate surface area is 151 Å². The molecule has 1 aromatic carbocycles. The fourth-order valence-corrected chi connectivity index (χ4v) is 3.17. The van der Waals surface area contributed by atoms with Gasteiger partial charge in [-0.05, 0) is 25.5 Å². The molecule has 0 atom stereocenters. The third-order valence-corrected chi connectivity index (χ3v) is 4.49. The molecular weight excluding hydrogens is 340 g/mol. The van der Waals surface area contributed by atoms with Gasteiger partial charge < -0.3 is 14.6 Å². The molecule has 1 N–H and O–H groups in total. The molecule has 8 heteroatoms. The Balaban J connectivity index is 2.01. The molecule has 0 bridgehead atoms. The van der Waals surface area contributed by atoms with Crippen molar-refractivity contribution >= 4 is 29.3 Å². The highest BCUT2D eigenvalue weighted by Crippen LogP contribution is 2.20. The van der Waals surface area contributed by atoms with Gasteiger partial charge in [-0.2, -0.15) is 0 Å². The molecule has 2 rings (SSSR count). The molecule has 0 fully saturated rings. The largest absolute Gasteiger partial charge is 0.465 e. The first-order valence-corrected chi connectivity index (χ1v) is 9.11. The zero-order valence-electron chi connectivity index (χ0n) is 14.6. The summed E-state index contributed by atoms with van der Waals surface area (Å²) in [5.74, 6) is 0.409. The molecule has 0 unspecified atom stereocenters. The van der Waals surface area contributed by atoms with Gasteiger partial charge >= 0.3 is 5.97 Å². The summed E-state index contributed by atoms with van der Waals surface area (Å²) >= 11 is 1.33. The van der Waals surface area contributed by atoms with Crippen LogP contribution in [-0.2, 0) is 22.5 Å². The van der Waals surface area contributed by atoms with Crippen molar-refractivity contribution in [2.75, 3.05) is 18.2 Å². The van der Waals surface area contributed by atoms with Crippen molar-refractivity contribution in [2.24, 2.45) is 0 Å². The molecule has 0 aliphatic carbocycles. The minimum Gasteiger partial charge on any atom is -0.465 e. The molecule has 0 saturated carbocycles. The first kappa shape index (κ1) is 19.0. The monoisotopic (exact) mass is 362 g/mol. The number of ether oxygens (including phenoxy) is 1. The first-order valence-electron chi connectivity index (χ1n) is 8.12. The lowest BCUT2D eigenvalue weighted by atomic mass is 10.2. The topological polar surface area (TPSA) is 86.1 Å². The van der Waals surface area contributed by atoms with Gasteiger partial charge in [-0.3, -0.25) is 4.79 Å². The van der Waals surface area contributed by atoms with Crippen LogP contribution >= 0.6 is 11.8 Å². The van der Waals surface area contributed by atoms with Crippen LogP contribution in [0, 0.1) is 0 Å². The number of carbonyl (C=O) groups is 2. The van der Waals surface area contributed by atoms with E-state index in [9.17, 15) is 9.59 Å². The molecule has 134 valence electrons. The van der Waals surface area contributed by atoms with Crippen LogP contribution in [0.15, 0.2) is 29.4 Å². The molecule has 0 aliphatic heterocycles. The quantitative estimate of drug-likeness (QED) is 0.574. The Morgan fingerprint density at radius 1 is 1.24 bits per heavy atom. The van der Waals surface area contributed by atoms with E-state index in [-0.39, 0.29) is 11.7 Å². The van der Waals surface area contributed by atoms with Crippen molar-refractivity contribution in [3.63, 3.8) is 0 Å². The lowest BCUT2D eigenvalue weighted by Crippen LogP contribution is -2.17. The number of methoxy groups -OCH3 is 1. The van der Waals surface area contributed by atoms with Gasteiger partial charge in [0.1, 0.15) is 5.82 Å². The highest BCUT2D eigenvalue weighted by molar-refractivity contribution is 7.99. The maximum absolute atomic E-state index is 12.2. The van der Waals surface area contributed by atoms with E-state index in [1.807, 2.05) is 11.5 Å². The lowest BCUT2D eigenvalue weighted by molar-refractivity contribution is -0.113. The molecule has 0 spiro atoms. The number of hydrogen-bond donors (Lipinski definition) is 1. The molecule has 0 saturated heterocycles. The summed E-state index contributed by atoms with van der Waals surface area (Å²) in [6.07, 6.45) is 1.85. The zero-order chi connectivity index (χ0) is 18.2. The van der Waals surface area contributed by atoms with E-state index in [0.29, 0.717) is 11.3 Å². The Morgan fingerprint density at radius 2 is 2.00 bits per heavy atom. The maximum Gasteiger partial charge on any atom is 0.339 e. The summed E-state index contributed by atoms with van der Waals surface area (Å²) in [5, 5.41) is 11.8. The summed E-state index contributed by atoms with van der Waals surface area (Å²) in [5.41, 5.74) is 0.758. The van der Waals surface area contributed by atoms with Crippen LogP contribution in [0.4, 0.5) is 5.69 Å². The highest BCUT2D eigenvalue weighted by Gasteiger charge is 2.15. The molecule has 0 radical (unpaired) electrons. The van der Waals surface area contributed by atoms with Gasteiger partial charge in [0.05, 0.1) is 24.1 Å². The molecule has 1 amide bonds. The van der Waals surface area contributed by atoms with Crippen molar-refractivity contribution in [1.82, 2.24) is 14.8 Å². The van der Waals surface area contributed by atoms with Crippen molar-refractivity contribution in [3.05, 3.63) is 35.7 Å². The van der Waals surface area contributed by atoms with E-state index in [1.54, 1.807) is 24.3 Å². The third kappa shape index (κ3) is 4.82. The summed E-state index contributed by atoms with van der Waals surface area (Å²) in [7, 11) is 1.31. The van der Waals surface area contributed by atoms with E-state index < -0.39 is 5.97 Å². The highest BCUT2D eigenvalue weighted by atomic mass is 32.2. The zero-order valence-corrected chi connectivity index (χ0v) is 15.4. The standard InChI is InChI=1S/C17H22N4O3S/c1-4-8-14-19-20-17(21(14)5-2)25-11-15(22)18-13-10-7-6-9-12(13)16(23)24-3/h6-7,9-10H,4-5,8,11H2,1-3H3,(H,18,22). The second kappa shape index (κ2) is 9.22. The number of aromatic nitrogens is 3. The van der Waals surface area contributed by atoms with Crippen molar-refractivity contribution in [3.8, 4) is 0 Å². The van der Waals surface area contributed by atoms with Gasteiger partial charge in [-0.25, -0.2) is 4.79 Å². The summed E-state index contributed by atoms with van der Waals surface area (Å²) in [4.78, 5) is 24.0. The number of amides is 1. The van der Waals surface area contributed by atoms with Gasteiger partial charge in [0.2, 0.25) is 5.91 Å². The van der Waals surface area contributed by atoms with Crippen molar-refractivity contribution in [2.45, 2.75) is 38.4 Å². The number of nitrogens with zero attached hydrogens (tertiary/aromatic N) is 3. The Hall–Kier alpha value is -2.35. The number of aryl methyl sites for hydroxylation is 1. The fourth-order valence-electron chi connectivity index (χ4n) is 2.35. The minimum absolute atomic E-state index is 0.180. The molecule has 7 nitrogen and oxygen atoms in total. The van der Waals surface area contributed by atoms with E-state index in [1.165, 1.54) is 18.9 Å². The van der Waals surface area contributed by atoms with Crippen molar-refractivity contribution < 1.29 is 14.3 Å². The molecule has 1 heterocycles. The number of hydrogen-bond acceptors (Lipinski definition) is 6. The number of rotatable bonds is 8. The van der Waals surface area contributed by atoms with E-state index in [2.05, 4.69) is 22.4 Å². The van der Waals surface area contributed by atoms with Crippen LogP contribution in [-0.4, -0.2) is 39.5 Å². The van der Waals surface area contributed by atoms with Gasteiger partial charge in [0, 0.05) is 13.0 Å². The smallest absolute Gasteiger partial charge is 0.339 e. The minimum atomic E-state index is -0.488. The van der Waals surface area contributed by atoms with Crippen LogP contribution in [0.2, 0.25) is 0 Å². The molecular formula is C17H22N4O3S. The number of anilines is 1. The van der Waals surface area contributed by atoms with Gasteiger partial charge in [0.15, 0.2) is 5.16 Å². The van der Waals surface area contributed by atoms with Crippen LogP contribution in [0.25, 0.3) is 0 Å². The molecule has 2 aromatic rings. The van der Waals surface area contributed by atoms with Gasteiger partial charge in [-0.15, -0.1) is 10.2 Å². The molecule has 0 aliphatic rings. The Bertz CT molecular complexity index is 745. The summed E-state index contributed by atoms with van der Waals surface area (Å²) in [6, 6.07) is 6.75. The molecule has 25 heavy (non-hydrogen) atoms. The molecule has 1 aromatic heterocycles. The van der Waals surface area contributed by atoms with Crippen molar-refractivity contribution in [1.29, 1.82) is 0 Å². The van der Waals surface area contributed by atoms with Crippen LogP contribution in [0.1, 0.15) is 36.5 Å².